The van der Waals surface area contributed by atoms with Gasteiger partial charge in [-0.25, -0.2) is 4.79 Å². The number of aromatic amines is 1. The van der Waals surface area contributed by atoms with Crippen LogP contribution in [-0.2, 0) is 6.54 Å². The van der Waals surface area contributed by atoms with E-state index in [2.05, 4.69) is 20.1 Å². The summed E-state index contributed by atoms with van der Waals surface area (Å²) < 4.78 is 11.7. The van der Waals surface area contributed by atoms with Gasteiger partial charge in [0, 0.05) is 23.5 Å². The Hall–Kier alpha value is -4.53. The highest BCUT2D eigenvalue weighted by Crippen LogP contribution is 2.23. The zero-order chi connectivity index (χ0) is 22.1. The molecule has 0 saturated carbocycles. The van der Waals surface area contributed by atoms with Gasteiger partial charge in [0.15, 0.2) is 0 Å². The Kier molecular flexibility index (Phi) is 4.83. The predicted octanol–water partition coefficient (Wildman–Crippen LogP) is 2.86. The molecule has 0 fully saturated rings. The lowest BCUT2D eigenvalue weighted by molar-refractivity contribution is 0.414. The second-order valence-electron chi connectivity index (χ2n) is 7.09. The van der Waals surface area contributed by atoms with E-state index in [0.717, 1.165) is 15.7 Å². The average molecular weight is 427 g/mol. The molecule has 32 heavy (non-hydrogen) atoms. The molecule has 9 nitrogen and oxygen atoms in total. The summed E-state index contributed by atoms with van der Waals surface area (Å²) in [6.07, 6.45) is 3.28. The van der Waals surface area contributed by atoms with Crippen LogP contribution in [0.15, 0.2) is 81.1 Å². The molecular formula is C23H17N5O4. The van der Waals surface area contributed by atoms with Crippen LogP contribution in [-0.4, -0.2) is 31.8 Å². The van der Waals surface area contributed by atoms with Crippen molar-refractivity contribution < 1.29 is 9.26 Å². The summed E-state index contributed by atoms with van der Waals surface area (Å²) in [5.74, 6) is 1.40. The van der Waals surface area contributed by atoms with Crippen LogP contribution < -0.4 is 16.0 Å². The minimum atomic E-state index is -0.501. The first-order valence-electron chi connectivity index (χ1n) is 9.76. The van der Waals surface area contributed by atoms with Gasteiger partial charge in [-0.3, -0.25) is 14.3 Å². The molecule has 0 unspecified atom stereocenters. The van der Waals surface area contributed by atoms with Crippen molar-refractivity contribution in [3.63, 3.8) is 0 Å². The van der Waals surface area contributed by atoms with Crippen LogP contribution in [0.25, 0.3) is 33.7 Å². The van der Waals surface area contributed by atoms with Crippen LogP contribution in [0.5, 0.6) is 5.75 Å². The highest BCUT2D eigenvalue weighted by atomic mass is 16.5. The number of fused-ring (bicyclic) bond motifs is 1. The molecule has 158 valence electrons. The number of nitrogens with zero attached hydrogens (tertiary/aromatic N) is 4. The molecule has 0 atom stereocenters. The SMILES string of the molecule is COc1ccc(Cn2c(=O)[nH]c3cc(-c4nc(-c5ccncc5)no4)ccc3c2=O)cc1. The van der Waals surface area contributed by atoms with Crippen LogP contribution in [0.4, 0.5) is 0 Å². The summed E-state index contributed by atoms with van der Waals surface area (Å²) in [7, 11) is 1.58. The zero-order valence-electron chi connectivity index (χ0n) is 17.0. The van der Waals surface area contributed by atoms with E-state index < -0.39 is 5.69 Å². The predicted molar refractivity (Wildman–Crippen MR) is 117 cm³/mol. The lowest BCUT2D eigenvalue weighted by Gasteiger charge is -2.08. The van der Waals surface area contributed by atoms with Crippen molar-refractivity contribution in [1.82, 2.24) is 24.7 Å². The number of aromatic nitrogens is 5. The van der Waals surface area contributed by atoms with Crippen LogP contribution in [0.3, 0.4) is 0 Å². The summed E-state index contributed by atoms with van der Waals surface area (Å²) in [5.41, 5.74) is 1.68. The Morgan fingerprint density at radius 3 is 2.53 bits per heavy atom. The summed E-state index contributed by atoms with van der Waals surface area (Å²) in [4.78, 5) is 36.8. The fourth-order valence-electron chi connectivity index (χ4n) is 3.40. The molecule has 3 heterocycles. The first-order chi connectivity index (χ1) is 15.6. The van der Waals surface area contributed by atoms with Crippen LogP contribution >= 0.6 is 0 Å². The minimum Gasteiger partial charge on any atom is -0.497 e. The number of nitrogens with one attached hydrogen (secondary N) is 1. The summed E-state index contributed by atoms with van der Waals surface area (Å²) in [5, 5.41) is 4.38. The Morgan fingerprint density at radius 2 is 1.78 bits per heavy atom. The Balaban J connectivity index is 1.50. The summed E-state index contributed by atoms with van der Waals surface area (Å²) in [6, 6.07) is 15.8. The second kappa shape index (κ2) is 7.95. The van der Waals surface area contributed by atoms with Gasteiger partial charge in [-0.05, 0) is 48.0 Å². The number of hydrogen-bond acceptors (Lipinski definition) is 7. The number of hydrogen-bond donors (Lipinski definition) is 1. The molecule has 0 radical (unpaired) electrons. The Labute approximate surface area is 181 Å². The van der Waals surface area contributed by atoms with Gasteiger partial charge in [0.25, 0.3) is 11.4 Å². The maximum atomic E-state index is 13.0. The number of pyridine rings is 1. The van der Waals surface area contributed by atoms with E-state index in [4.69, 9.17) is 9.26 Å². The zero-order valence-corrected chi connectivity index (χ0v) is 17.0. The molecule has 9 heteroatoms. The van der Waals surface area contributed by atoms with Crippen molar-refractivity contribution >= 4 is 10.9 Å². The number of methoxy groups -OCH3 is 1. The van der Waals surface area contributed by atoms with Gasteiger partial charge < -0.3 is 14.2 Å². The lowest BCUT2D eigenvalue weighted by Crippen LogP contribution is -2.35. The van der Waals surface area contributed by atoms with Crippen molar-refractivity contribution in [1.29, 1.82) is 0 Å². The molecule has 0 aliphatic heterocycles. The van der Waals surface area contributed by atoms with Crippen LogP contribution in [0.1, 0.15) is 5.56 Å². The van der Waals surface area contributed by atoms with Crippen molar-refractivity contribution in [3.8, 4) is 28.6 Å². The van der Waals surface area contributed by atoms with E-state index >= 15 is 0 Å². The number of benzene rings is 2. The van der Waals surface area contributed by atoms with Gasteiger partial charge in [-0.15, -0.1) is 0 Å². The molecule has 5 aromatic rings. The topological polar surface area (TPSA) is 116 Å². The normalized spacial score (nSPS) is 11.0. The van der Waals surface area contributed by atoms with Gasteiger partial charge >= 0.3 is 5.69 Å². The van der Waals surface area contributed by atoms with E-state index in [0.29, 0.717) is 28.0 Å². The van der Waals surface area contributed by atoms with Gasteiger partial charge in [-0.2, -0.15) is 4.98 Å². The summed E-state index contributed by atoms with van der Waals surface area (Å²) in [6.45, 7) is 0.148. The van der Waals surface area contributed by atoms with Crippen LogP contribution in [0.2, 0.25) is 0 Å². The monoisotopic (exact) mass is 427 g/mol. The first kappa shape index (κ1) is 19.4. The summed E-state index contributed by atoms with van der Waals surface area (Å²) >= 11 is 0. The molecule has 5 rings (SSSR count). The molecule has 0 bridgehead atoms. The molecule has 0 saturated heterocycles. The van der Waals surface area contributed by atoms with Gasteiger partial charge in [0.1, 0.15) is 5.75 Å². The van der Waals surface area contributed by atoms with Gasteiger partial charge in [0.2, 0.25) is 5.82 Å². The smallest absolute Gasteiger partial charge is 0.329 e. The third-order valence-electron chi connectivity index (χ3n) is 5.09. The number of ether oxygens (including phenoxy) is 1. The minimum absolute atomic E-state index is 0.148. The molecule has 1 N–H and O–H groups in total. The second-order valence-corrected chi connectivity index (χ2v) is 7.09. The third kappa shape index (κ3) is 3.56. The lowest BCUT2D eigenvalue weighted by atomic mass is 10.1. The van der Waals surface area contributed by atoms with E-state index in [1.165, 1.54) is 0 Å². The van der Waals surface area contributed by atoms with E-state index in [1.807, 2.05) is 12.1 Å². The number of H-pyrrole nitrogens is 1. The third-order valence-corrected chi connectivity index (χ3v) is 5.09. The molecular weight excluding hydrogens is 410 g/mol. The van der Waals surface area contributed by atoms with Crippen molar-refractivity contribution in [2.24, 2.45) is 0 Å². The molecule has 2 aromatic carbocycles. The maximum Gasteiger partial charge on any atom is 0.329 e. The van der Waals surface area contributed by atoms with E-state index in [-0.39, 0.29) is 18.0 Å². The quantitative estimate of drug-likeness (QED) is 0.458. The van der Waals surface area contributed by atoms with Crippen molar-refractivity contribution in [2.45, 2.75) is 6.54 Å². The molecule has 0 amide bonds. The van der Waals surface area contributed by atoms with Crippen molar-refractivity contribution in [2.75, 3.05) is 7.11 Å². The molecule has 0 aliphatic rings. The van der Waals surface area contributed by atoms with Crippen LogP contribution in [0, 0.1) is 0 Å². The van der Waals surface area contributed by atoms with Gasteiger partial charge in [-0.1, -0.05) is 17.3 Å². The highest BCUT2D eigenvalue weighted by Gasteiger charge is 2.14. The van der Waals surface area contributed by atoms with E-state index in [1.54, 1.807) is 62.0 Å². The van der Waals surface area contributed by atoms with E-state index in [9.17, 15) is 9.59 Å². The maximum absolute atomic E-state index is 13.0. The largest absolute Gasteiger partial charge is 0.497 e. The Morgan fingerprint density at radius 1 is 1.00 bits per heavy atom. The fraction of sp³-hybridized carbons (Fsp3) is 0.0870. The highest BCUT2D eigenvalue weighted by molar-refractivity contribution is 5.82. The average Bonchev–Trinajstić information content (AvgIpc) is 3.33. The van der Waals surface area contributed by atoms with Gasteiger partial charge in [0.05, 0.1) is 24.6 Å². The van der Waals surface area contributed by atoms with Crippen molar-refractivity contribution in [3.05, 3.63) is 93.4 Å². The first-order valence-corrected chi connectivity index (χ1v) is 9.76. The fourth-order valence-corrected chi connectivity index (χ4v) is 3.40. The molecule has 3 aromatic heterocycles. The molecule has 0 aliphatic carbocycles. The number of rotatable bonds is 5. The standard InChI is InChI=1S/C23H17N5O4/c1-31-17-5-2-14(3-6-17)13-28-22(29)18-7-4-16(12-19(18)25-23(28)30)21-26-20(27-32-21)15-8-10-24-11-9-15/h2-12H,13H2,1H3,(H,25,30). The Bertz CT molecular complexity index is 1520. The molecule has 0 spiro atoms.